The van der Waals surface area contributed by atoms with Crippen LogP contribution in [0.1, 0.15) is 52.9 Å². The van der Waals surface area contributed by atoms with E-state index in [4.69, 9.17) is 16.2 Å². The number of aliphatic imine (C=N–C) groups is 1. The molecule has 0 aromatic carbocycles. The van der Waals surface area contributed by atoms with Gasteiger partial charge in [-0.25, -0.2) is 0 Å². The Balaban J connectivity index is 0.00000441. The number of ether oxygens (including phenoxy) is 1. The average Bonchev–Trinajstić information content (AvgIpc) is 2.84. The van der Waals surface area contributed by atoms with Crippen molar-refractivity contribution in [3.63, 3.8) is 0 Å². The summed E-state index contributed by atoms with van der Waals surface area (Å²) < 4.78 is 5.50. The van der Waals surface area contributed by atoms with Crippen LogP contribution in [0.5, 0.6) is 0 Å². The summed E-state index contributed by atoms with van der Waals surface area (Å²) >= 11 is 0. The Morgan fingerprint density at radius 2 is 1.95 bits per heavy atom. The minimum absolute atomic E-state index is 0. The second-order valence-electron chi connectivity index (χ2n) is 6.32. The van der Waals surface area contributed by atoms with Crippen molar-refractivity contribution >= 4 is 35.8 Å². The highest BCUT2D eigenvalue weighted by Gasteiger charge is 2.28. The molecule has 1 heterocycles. The Morgan fingerprint density at radius 3 is 2.50 bits per heavy atom. The van der Waals surface area contributed by atoms with Crippen molar-refractivity contribution in [3.8, 4) is 0 Å². The van der Waals surface area contributed by atoms with Gasteiger partial charge < -0.3 is 21.5 Å². The van der Waals surface area contributed by atoms with E-state index in [-0.39, 0.29) is 30.1 Å². The fourth-order valence-corrected chi connectivity index (χ4v) is 2.45. The maximum atomic E-state index is 11.0. The van der Waals surface area contributed by atoms with Crippen molar-refractivity contribution in [2.45, 2.75) is 71.1 Å². The minimum Gasteiger partial charge on any atom is -0.370 e. The van der Waals surface area contributed by atoms with Gasteiger partial charge in [-0.05, 0) is 32.1 Å². The molecule has 22 heavy (non-hydrogen) atoms. The van der Waals surface area contributed by atoms with E-state index in [2.05, 4.69) is 31.1 Å². The van der Waals surface area contributed by atoms with Gasteiger partial charge in [0.15, 0.2) is 5.96 Å². The third kappa shape index (κ3) is 8.77. The lowest BCUT2D eigenvalue weighted by molar-refractivity contribution is -0.128. The summed E-state index contributed by atoms with van der Waals surface area (Å²) in [5.74, 6) is 0.783. The monoisotopic (exact) mass is 426 g/mol. The van der Waals surface area contributed by atoms with Crippen molar-refractivity contribution in [2.24, 2.45) is 22.4 Å². The SMILES string of the molecule is CC(C)CCCC(C)NC(N)=NCC1CCC(C(N)=O)O1.I. The number of halogens is 1. The van der Waals surface area contributed by atoms with Crippen LogP contribution >= 0.6 is 24.0 Å². The van der Waals surface area contributed by atoms with Gasteiger partial charge >= 0.3 is 0 Å². The summed E-state index contributed by atoms with van der Waals surface area (Å²) in [6, 6.07) is 0.315. The Morgan fingerprint density at radius 1 is 1.27 bits per heavy atom. The zero-order valence-electron chi connectivity index (χ0n) is 13.9. The number of hydrogen-bond donors (Lipinski definition) is 3. The first kappa shape index (κ1) is 21.4. The van der Waals surface area contributed by atoms with Gasteiger partial charge in [-0.15, -0.1) is 24.0 Å². The first-order chi connectivity index (χ1) is 9.88. The quantitative estimate of drug-likeness (QED) is 0.313. The molecule has 3 unspecified atom stereocenters. The fourth-order valence-electron chi connectivity index (χ4n) is 2.45. The molecule has 1 aliphatic rings. The maximum Gasteiger partial charge on any atom is 0.246 e. The number of amides is 1. The van der Waals surface area contributed by atoms with Gasteiger partial charge in [0.2, 0.25) is 5.91 Å². The third-order valence-corrected chi connectivity index (χ3v) is 3.70. The lowest BCUT2D eigenvalue weighted by Crippen LogP contribution is -2.39. The molecule has 1 amide bonds. The van der Waals surface area contributed by atoms with Crippen LogP contribution in [-0.2, 0) is 9.53 Å². The molecule has 0 aromatic heterocycles. The second-order valence-corrected chi connectivity index (χ2v) is 6.32. The van der Waals surface area contributed by atoms with Gasteiger partial charge in [-0.2, -0.15) is 0 Å². The van der Waals surface area contributed by atoms with Gasteiger partial charge in [-0.3, -0.25) is 9.79 Å². The minimum atomic E-state index is -0.464. The molecule has 0 radical (unpaired) electrons. The van der Waals surface area contributed by atoms with E-state index in [1.807, 2.05) is 0 Å². The average molecular weight is 426 g/mol. The molecule has 7 heteroatoms. The number of rotatable bonds is 8. The van der Waals surface area contributed by atoms with Crippen LogP contribution < -0.4 is 16.8 Å². The largest absolute Gasteiger partial charge is 0.370 e. The smallest absolute Gasteiger partial charge is 0.246 e. The first-order valence-corrected chi connectivity index (χ1v) is 7.89. The Labute approximate surface area is 150 Å². The third-order valence-electron chi connectivity index (χ3n) is 3.70. The molecule has 1 rings (SSSR count). The van der Waals surface area contributed by atoms with E-state index in [9.17, 15) is 4.79 Å². The summed E-state index contributed by atoms with van der Waals surface area (Å²) in [5, 5.41) is 3.19. The molecule has 1 aliphatic heterocycles. The second kappa shape index (κ2) is 11.0. The molecule has 5 N–H and O–H groups in total. The summed E-state index contributed by atoms with van der Waals surface area (Å²) in [6.45, 7) is 7.04. The van der Waals surface area contributed by atoms with E-state index < -0.39 is 12.0 Å². The van der Waals surface area contributed by atoms with E-state index in [1.165, 1.54) is 12.8 Å². The molecule has 0 bridgehead atoms. The molecule has 0 aliphatic carbocycles. The lowest BCUT2D eigenvalue weighted by atomic mass is 10.0. The molecular weight excluding hydrogens is 395 g/mol. The van der Waals surface area contributed by atoms with Gasteiger partial charge in [0, 0.05) is 6.04 Å². The van der Waals surface area contributed by atoms with E-state index >= 15 is 0 Å². The van der Waals surface area contributed by atoms with Crippen molar-refractivity contribution in [1.29, 1.82) is 0 Å². The van der Waals surface area contributed by atoms with Crippen LogP contribution in [0.2, 0.25) is 0 Å². The Kier molecular flexibility index (Phi) is 10.8. The zero-order valence-corrected chi connectivity index (χ0v) is 16.2. The molecule has 1 fully saturated rings. The van der Waals surface area contributed by atoms with Gasteiger partial charge in [-0.1, -0.05) is 26.7 Å². The number of hydrogen-bond acceptors (Lipinski definition) is 3. The van der Waals surface area contributed by atoms with Crippen LogP contribution in [0, 0.1) is 5.92 Å². The Hall–Kier alpha value is -0.570. The number of nitrogens with one attached hydrogen (secondary N) is 1. The first-order valence-electron chi connectivity index (χ1n) is 7.89. The number of guanidine groups is 1. The normalized spacial score (nSPS) is 23.2. The standard InChI is InChI=1S/C15H30N4O2.HI/c1-10(2)5-4-6-11(3)19-15(17)18-9-12-7-8-13(21-12)14(16)20;/h10-13H,4-9H2,1-3H3,(H2,16,20)(H3,17,18,19);1H. The topological polar surface area (TPSA) is 103 Å². The van der Waals surface area contributed by atoms with Crippen LogP contribution in [-0.4, -0.2) is 36.7 Å². The van der Waals surface area contributed by atoms with Crippen LogP contribution in [0.25, 0.3) is 0 Å². The van der Waals surface area contributed by atoms with Crippen molar-refractivity contribution in [1.82, 2.24) is 5.32 Å². The molecule has 0 saturated carbocycles. The predicted octanol–water partition coefficient (Wildman–Crippen LogP) is 1.76. The highest BCUT2D eigenvalue weighted by Crippen LogP contribution is 2.19. The fraction of sp³-hybridized carbons (Fsp3) is 0.867. The van der Waals surface area contributed by atoms with Crippen LogP contribution in [0.3, 0.4) is 0 Å². The molecule has 0 aromatic rings. The maximum absolute atomic E-state index is 11.0. The molecular formula is C15H31IN4O2. The van der Waals surface area contributed by atoms with Gasteiger partial charge in [0.05, 0.1) is 12.6 Å². The highest BCUT2D eigenvalue weighted by atomic mass is 127. The van der Waals surface area contributed by atoms with Crippen molar-refractivity contribution < 1.29 is 9.53 Å². The predicted molar refractivity (Wildman–Crippen MR) is 100 cm³/mol. The van der Waals surface area contributed by atoms with Crippen LogP contribution in [0.4, 0.5) is 0 Å². The van der Waals surface area contributed by atoms with Crippen molar-refractivity contribution in [2.75, 3.05) is 6.54 Å². The van der Waals surface area contributed by atoms with Gasteiger partial charge in [0.1, 0.15) is 6.10 Å². The van der Waals surface area contributed by atoms with Crippen molar-refractivity contribution in [3.05, 3.63) is 0 Å². The molecule has 0 spiro atoms. The number of nitrogens with zero attached hydrogens (tertiary/aromatic N) is 1. The highest BCUT2D eigenvalue weighted by molar-refractivity contribution is 14.0. The number of nitrogens with two attached hydrogens (primary N) is 2. The van der Waals surface area contributed by atoms with E-state index in [0.29, 0.717) is 25.0 Å². The zero-order chi connectivity index (χ0) is 15.8. The number of carbonyl (C=O) groups excluding carboxylic acids is 1. The van der Waals surface area contributed by atoms with Crippen LogP contribution in [0.15, 0.2) is 4.99 Å². The summed E-state index contributed by atoms with van der Waals surface area (Å²) in [5.41, 5.74) is 11.1. The summed E-state index contributed by atoms with van der Waals surface area (Å²) in [6.07, 6.45) is 4.45. The molecule has 3 atom stereocenters. The molecule has 1 saturated heterocycles. The summed E-state index contributed by atoms with van der Waals surface area (Å²) in [7, 11) is 0. The van der Waals surface area contributed by atoms with E-state index in [0.717, 1.165) is 18.8 Å². The number of carbonyl (C=O) groups is 1. The van der Waals surface area contributed by atoms with E-state index in [1.54, 1.807) is 0 Å². The lowest BCUT2D eigenvalue weighted by Gasteiger charge is -2.15. The number of primary amides is 1. The molecule has 6 nitrogen and oxygen atoms in total. The Bertz CT molecular complexity index is 363. The van der Waals surface area contributed by atoms with Gasteiger partial charge in [0.25, 0.3) is 0 Å². The molecule has 130 valence electrons. The summed E-state index contributed by atoms with van der Waals surface area (Å²) in [4.78, 5) is 15.3.